The highest BCUT2D eigenvalue weighted by Gasteiger charge is 2.31. The molecule has 0 saturated heterocycles. The standard InChI is InChI=1S/C28H38N6O8/c29-12-2-1-3-21(32-25(38)20(30)13-16-4-8-18(35)9-5-16)26(39)33-22(14-17-6-10-19(36)11-7-17)27(40)34-23(28(41)42)15-24(31)37/h4-11,20-23,35-36H,1-3,12-15,29-30H2,(H2,31,37)(H,32,38)(H,33,39)(H,34,40)(H,41,42). The smallest absolute Gasteiger partial charge is 0.326 e. The van der Waals surface area contributed by atoms with Gasteiger partial charge in [-0.1, -0.05) is 24.3 Å². The Morgan fingerprint density at radius 3 is 1.67 bits per heavy atom. The van der Waals surface area contributed by atoms with Crippen molar-refractivity contribution in [1.82, 2.24) is 16.0 Å². The van der Waals surface area contributed by atoms with E-state index >= 15 is 0 Å². The van der Waals surface area contributed by atoms with Crippen molar-refractivity contribution in [1.29, 1.82) is 0 Å². The fourth-order valence-electron chi connectivity index (χ4n) is 4.04. The van der Waals surface area contributed by atoms with Crippen LogP contribution in [0.3, 0.4) is 0 Å². The molecule has 0 aliphatic rings. The molecule has 0 spiro atoms. The Labute approximate surface area is 242 Å². The molecule has 228 valence electrons. The molecule has 2 aromatic rings. The number of phenolic OH excluding ortho intramolecular Hbond substituents is 2. The third-order valence-electron chi connectivity index (χ3n) is 6.34. The minimum absolute atomic E-state index is 0.0255. The lowest BCUT2D eigenvalue weighted by atomic mass is 10.0. The van der Waals surface area contributed by atoms with E-state index < -0.39 is 60.2 Å². The van der Waals surface area contributed by atoms with Gasteiger partial charge in [-0.05, 0) is 67.6 Å². The number of hydrogen-bond acceptors (Lipinski definition) is 9. The monoisotopic (exact) mass is 586 g/mol. The predicted octanol–water partition coefficient (Wildman–Crippen LogP) is -1.25. The average Bonchev–Trinajstić information content (AvgIpc) is 2.93. The van der Waals surface area contributed by atoms with E-state index in [1.807, 2.05) is 0 Å². The number of amides is 4. The number of benzene rings is 2. The third-order valence-corrected chi connectivity index (χ3v) is 6.34. The molecule has 42 heavy (non-hydrogen) atoms. The molecule has 0 aliphatic heterocycles. The lowest BCUT2D eigenvalue weighted by molar-refractivity contribution is -0.143. The summed E-state index contributed by atoms with van der Waals surface area (Å²) in [5.41, 5.74) is 18.0. The Morgan fingerprint density at radius 2 is 1.17 bits per heavy atom. The molecule has 0 radical (unpaired) electrons. The van der Waals surface area contributed by atoms with Gasteiger partial charge in [0.2, 0.25) is 23.6 Å². The van der Waals surface area contributed by atoms with E-state index in [1.165, 1.54) is 36.4 Å². The number of aromatic hydroxyl groups is 2. The van der Waals surface area contributed by atoms with E-state index in [0.717, 1.165) is 0 Å². The maximum Gasteiger partial charge on any atom is 0.326 e. The number of carboxylic acids is 1. The van der Waals surface area contributed by atoms with E-state index in [2.05, 4.69) is 16.0 Å². The van der Waals surface area contributed by atoms with Gasteiger partial charge in [-0.2, -0.15) is 0 Å². The van der Waals surface area contributed by atoms with Gasteiger partial charge in [0.1, 0.15) is 29.6 Å². The molecule has 4 unspecified atom stereocenters. The van der Waals surface area contributed by atoms with Crippen molar-refractivity contribution in [2.45, 2.75) is 62.7 Å². The van der Waals surface area contributed by atoms with Gasteiger partial charge >= 0.3 is 5.97 Å². The van der Waals surface area contributed by atoms with Crippen LogP contribution < -0.4 is 33.2 Å². The first-order valence-corrected chi connectivity index (χ1v) is 13.3. The normalized spacial score (nSPS) is 13.7. The summed E-state index contributed by atoms with van der Waals surface area (Å²) >= 11 is 0. The summed E-state index contributed by atoms with van der Waals surface area (Å²) in [7, 11) is 0. The zero-order valence-electron chi connectivity index (χ0n) is 23.0. The van der Waals surface area contributed by atoms with E-state index in [0.29, 0.717) is 30.5 Å². The van der Waals surface area contributed by atoms with Gasteiger partial charge in [0.15, 0.2) is 0 Å². The van der Waals surface area contributed by atoms with E-state index in [-0.39, 0.29) is 30.8 Å². The number of carbonyl (C=O) groups excluding carboxylic acids is 4. The van der Waals surface area contributed by atoms with Gasteiger partial charge in [-0.3, -0.25) is 19.2 Å². The third kappa shape index (κ3) is 11.4. The van der Waals surface area contributed by atoms with Crippen LogP contribution in [0.2, 0.25) is 0 Å². The van der Waals surface area contributed by atoms with Crippen molar-refractivity contribution in [3.8, 4) is 11.5 Å². The second kappa shape index (κ2) is 16.5. The van der Waals surface area contributed by atoms with Crippen LogP contribution in [0.25, 0.3) is 0 Å². The number of aliphatic carboxylic acids is 1. The Morgan fingerprint density at radius 1 is 0.690 bits per heavy atom. The van der Waals surface area contributed by atoms with E-state index in [9.17, 15) is 39.3 Å². The van der Waals surface area contributed by atoms with Crippen molar-refractivity contribution in [3.05, 3.63) is 59.7 Å². The van der Waals surface area contributed by atoms with Gasteiger partial charge in [-0.15, -0.1) is 0 Å². The van der Waals surface area contributed by atoms with Crippen LogP contribution in [0.15, 0.2) is 48.5 Å². The Kier molecular flexibility index (Phi) is 13.2. The first-order valence-electron chi connectivity index (χ1n) is 13.3. The van der Waals surface area contributed by atoms with Crippen molar-refractivity contribution in [2.75, 3.05) is 6.54 Å². The maximum absolute atomic E-state index is 13.4. The number of nitrogens with one attached hydrogen (secondary N) is 3. The summed E-state index contributed by atoms with van der Waals surface area (Å²) < 4.78 is 0. The molecular formula is C28H38N6O8. The SMILES string of the molecule is NCCCCC(NC(=O)C(N)Cc1ccc(O)cc1)C(=O)NC(Cc1ccc(O)cc1)C(=O)NC(CC(N)=O)C(=O)O. The summed E-state index contributed by atoms with van der Waals surface area (Å²) in [5, 5.41) is 35.9. The molecule has 14 nitrogen and oxygen atoms in total. The molecule has 4 amide bonds. The summed E-state index contributed by atoms with van der Waals surface area (Å²) in [4.78, 5) is 62.4. The van der Waals surface area contributed by atoms with Gasteiger partial charge in [-0.25, -0.2) is 4.79 Å². The molecule has 0 aromatic heterocycles. The predicted molar refractivity (Wildman–Crippen MR) is 152 cm³/mol. The van der Waals surface area contributed by atoms with Crippen molar-refractivity contribution >= 4 is 29.6 Å². The van der Waals surface area contributed by atoms with Crippen molar-refractivity contribution < 1.29 is 39.3 Å². The van der Waals surface area contributed by atoms with Crippen LogP contribution in [-0.2, 0) is 36.8 Å². The molecule has 0 heterocycles. The number of carboxylic acid groups (broad SMARTS) is 1. The summed E-state index contributed by atoms with van der Waals surface area (Å²) in [5.74, 6) is -4.66. The zero-order valence-corrected chi connectivity index (χ0v) is 23.0. The first kappa shape index (κ1) is 33.5. The van der Waals surface area contributed by atoms with E-state index in [4.69, 9.17) is 17.2 Å². The van der Waals surface area contributed by atoms with Crippen molar-refractivity contribution in [2.24, 2.45) is 17.2 Å². The number of primary amides is 1. The first-order chi connectivity index (χ1) is 19.9. The van der Waals surface area contributed by atoms with Crippen molar-refractivity contribution in [3.63, 3.8) is 0 Å². The topological polar surface area (TPSA) is 260 Å². The Balaban J connectivity index is 2.23. The van der Waals surface area contributed by atoms with Crippen LogP contribution >= 0.6 is 0 Å². The van der Waals surface area contributed by atoms with Crippen LogP contribution in [0.5, 0.6) is 11.5 Å². The molecule has 12 N–H and O–H groups in total. The number of hydrogen-bond donors (Lipinski definition) is 9. The quantitative estimate of drug-likeness (QED) is 0.0995. The van der Waals surface area contributed by atoms with Crippen LogP contribution in [0.4, 0.5) is 0 Å². The van der Waals surface area contributed by atoms with Gasteiger partial charge < -0.3 is 48.5 Å². The molecule has 2 rings (SSSR count). The van der Waals surface area contributed by atoms with Gasteiger partial charge in [0, 0.05) is 6.42 Å². The van der Waals surface area contributed by atoms with E-state index in [1.54, 1.807) is 12.1 Å². The highest BCUT2D eigenvalue weighted by Crippen LogP contribution is 2.13. The number of phenols is 2. The van der Waals surface area contributed by atoms with Gasteiger partial charge in [0.05, 0.1) is 12.5 Å². The molecule has 14 heteroatoms. The number of carbonyl (C=O) groups is 5. The molecular weight excluding hydrogens is 548 g/mol. The fourth-order valence-corrected chi connectivity index (χ4v) is 4.04. The lowest BCUT2D eigenvalue weighted by Crippen LogP contribution is -2.58. The highest BCUT2D eigenvalue weighted by molar-refractivity contribution is 5.95. The summed E-state index contributed by atoms with van der Waals surface area (Å²) in [6.45, 7) is 0.352. The van der Waals surface area contributed by atoms with Crippen LogP contribution in [0.1, 0.15) is 36.8 Å². The Bertz CT molecular complexity index is 1220. The number of unbranched alkanes of at least 4 members (excludes halogenated alkanes) is 1. The summed E-state index contributed by atoms with van der Waals surface area (Å²) in [6.07, 6.45) is 0.558. The summed E-state index contributed by atoms with van der Waals surface area (Å²) in [6, 6.07) is 6.85. The molecule has 0 saturated carbocycles. The van der Waals surface area contributed by atoms with Gasteiger partial charge in [0.25, 0.3) is 0 Å². The fraction of sp³-hybridized carbons (Fsp3) is 0.393. The lowest BCUT2D eigenvalue weighted by Gasteiger charge is -2.25. The van der Waals surface area contributed by atoms with Crippen LogP contribution in [0, 0.1) is 0 Å². The molecule has 0 aliphatic carbocycles. The number of nitrogens with two attached hydrogens (primary N) is 3. The molecule has 4 atom stereocenters. The maximum atomic E-state index is 13.4. The number of rotatable bonds is 17. The molecule has 2 aromatic carbocycles. The average molecular weight is 587 g/mol. The van der Waals surface area contributed by atoms with Crippen LogP contribution in [-0.4, -0.2) is 75.6 Å². The largest absolute Gasteiger partial charge is 0.508 e. The molecule has 0 fully saturated rings. The second-order valence-electron chi connectivity index (χ2n) is 9.82. The minimum Gasteiger partial charge on any atom is -0.508 e. The minimum atomic E-state index is -1.63. The second-order valence-corrected chi connectivity index (χ2v) is 9.82. The zero-order chi connectivity index (χ0) is 31.2. The highest BCUT2D eigenvalue weighted by atomic mass is 16.4. The Hall–Kier alpha value is -4.69. The molecule has 0 bridgehead atoms.